The van der Waals surface area contributed by atoms with Crippen molar-refractivity contribution in [1.82, 2.24) is 29.2 Å². The summed E-state index contributed by atoms with van der Waals surface area (Å²) in [6, 6.07) is 5.71. The van der Waals surface area contributed by atoms with E-state index in [9.17, 15) is 39.6 Å². The van der Waals surface area contributed by atoms with Gasteiger partial charge in [-0.15, -0.1) is 0 Å². The minimum Gasteiger partial charge on any atom is -0.321 e. The normalized spacial score (nSPS) is 20.6. The van der Waals surface area contributed by atoms with E-state index in [1.807, 2.05) is 0 Å². The van der Waals surface area contributed by atoms with Crippen LogP contribution in [0.2, 0.25) is 5.02 Å². The Morgan fingerprint density at radius 1 is 1.02 bits per heavy atom. The number of piperidine rings is 1. The van der Waals surface area contributed by atoms with E-state index in [1.165, 1.54) is 21.4 Å². The van der Waals surface area contributed by atoms with Gasteiger partial charge in [-0.2, -0.15) is 5.10 Å². The van der Waals surface area contributed by atoms with Crippen LogP contribution >= 0.6 is 11.6 Å². The minimum absolute atomic E-state index is 0.0159. The molecule has 7 rings (SSSR count). The molecule has 306 valence electrons. The number of rotatable bonds is 10. The molecular formula is C38H41ClF6N8O3S. The number of fused-ring (bicyclic) bond motifs is 2. The van der Waals surface area contributed by atoms with Crippen LogP contribution in [-0.4, -0.2) is 81.3 Å². The molecule has 5 aromatic rings. The second kappa shape index (κ2) is 15.5. The minimum atomic E-state index is -3.95. The highest BCUT2D eigenvalue weighted by Gasteiger charge is 2.37. The molecule has 4 heterocycles. The standard InChI is InChI=1S/C38H41ClF6N8O3S/c1-19-10-29(22-6-8-38(44,45)9-7-22)47-34-31(19)37(54)53(36(48-34)28(46)13-21-11-23(40)14-24(41)12-21)30-5-4-27(39)32-33(30)52(49-35(32)50-57(3,55)56)16-20(2)51-17-25(42)15-26(43)18-51/h4-5,10-12,14,20,22,25-26,28H,6-9,13,15-18,46H2,1-3H3,(H,49,50)/t20-,25-,26+,28+/m1/s1. The summed E-state index contributed by atoms with van der Waals surface area (Å²) < 4.78 is 116. The van der Waals surface area contributed by atoms with Crippen LogP contribution in [-0.2, 0) is 23.0 Å². The van der Waals surface area contributed by atoms with E-state index in [-0.39, 0.29) is 114 Å². The Morgan fingerprint density at radius 2 is 1.67 bits per heavy atom. The van der Waals surface area contributed by atoms with Crippen LogP contribution in [0.15, 0.2) is 41.2 Å². The van der Waals surface area contributed by atoms with E-state index in [0.29, 0.717) is 17.3 Å². The SMILES string of the molecule is Cc1cc(C2CCC(F)(F)CC2)nc2nc([C@@H](N)Cc3cc(F)cc(F)c3)n(-c3ccc(Cl)c4c(NS(C)(=O)=O)nn(C[C@@H](C)N5C[C@H](F)C[C@H](F)C5)c34)c(=O)c12. The molecular weight excluding hydrogens is 798 g/mol. The molecule has 57 heavy (non-hydrogen) atoms. The largest absolute Gasteiger partial charge is 0.321 e. The van der Waals surface area contributed by atoms with Crippen molar-refractivity contribution in [1.29, 1.82) is 0 Å². The van der Waals surface area contributed by atoms with Crippen LogP contribution in [0, 0.1) is 18.6 Å². The second-order valence-corrected chi connectivity index (χ2v) is 17.5. The van der Waals surface area contributed by atoms with Crippen LogP contribution in [0.3, 0.4) is 0 Å². The van der Waals surface area contributed by atoms with Crippen molar-refractivity contribution in [2.45, 2.75) is 95.2 Å². The molecule has 1 saturated heterocycles. The number of likely N-dealkylation sites (tertiary alicyclic amines) is 1. The first-order chi connectivity index (χ1) is 26.8. The number of nitrogens with two attached hydrogens (primary N) is 1. The number of pyridine rings is 1. The molecule has 3 N–H and O–H groups in total. The van der Waals surface area contributed by atoms with Gasteiger partial charge in [0.1, 0.15) is 29.8 Å². The van der Waals surface area contributed by atoms with Gasteiger partial charge in [0.05, 0.1) is 45.8 Å². The molecule has 0 bridgehead atoms. The fourth-order valence-corrected chi connectivity index (χ4v) is 8.80. The summed E-state index contributed by atoms with van der Waals surface area (Å²) in [5.41, 5.74) is 7.42. The number of benzene rings is 2. The van der Waals surface area contributed by atoms with Gasteiger partial charge < -0.3 is 5.73 Å². The molecule has 0 radical (unpaired) electrons. The zero-order chi connectivity index (χ0) is 41.1. The number of alkyl halides is 4. The lowest BCUT2D eigenvalue weighted by Gasteiger charge is -2.35. The van der Waals surface area contributed by atoms with Gasteiger partial charge in [0.2, 0.25) is 15.9 Å². The summed E-state index contributed by atoms with van der Waals surface area (Å²) in [6.07, 6.45) is -2.63. The van der Waals surface area contributed by atoms with Crippen molar-refractivity contribution in [3.8, 4) is 5.69 Å². The summed E-state index contributed by atoms with van der Waals surface area (Å²) in [5.74, 6) is -5.09. The number of nitrogens with zero attached hydrogens (tertiary/aromatic N) is 6. The predicted molar refractivity (Wildman–Crippen MR) is 205 cm³/mol. The average Bonchev–Trinajstić information content (AvgIpc) is 3.44. The predicted octanol–water partition coefficient (Wildman–Crippen LogP) is 7.05. The Bertz CT molecular complexity index is 2500. The van der Waals surface area contributed by atoms with Crippen LogP contribution in [0.5, 0.6) is 0 Å². The summed E-state index contributed by atoms with van der Waals surface area (Å²) >= 11 is 6.74. The zero-order valence-corrected chi connectivity index (χ0v) is 32.8. The Balaban J connectivity index is 1.46. The van der Waals surface area contributed by atoms with Gasteiger partial charge in [-0.1, -0.05) is 11.6 Å². The van der Waals surface area contributed by atoms with E-state index in [0.717, 1.165) is 18.4 Å². The van der Waals surface area contributed by atoms with E-state index < -0.39 is 57.6 Å². The fraction of sp³-hybridized carbons (Fsp3) is 0.474. The lowest BCUT2D eigenvalue weighted by atomic mass is 9.84. The summed E-state index contributed by atoms with van der Waals surface area (Å²) in [4.78, 5) is 26.1. The lowest BCUT2D eigenvalue weighted by molar-refractivity contribution is -0.0384. The number of nitrogens with one attached hydrogen (secondary N) is 1. The molecule has 4 atom stereocenters. The third kappa shape index (κ3) is 8.64. The molecule has 0 spiro atoms. The maximum atomic E-state index is 15.0. The van der Waals surface area contributed by atoms with Crippen molar-refractivity contribution < 1.29 is 34.8 Å². The molecule has 2 fully saturated rings. The number of aromatic nitrogens is 5. The van der Waals surface area contributed by atoms with Crippen molar-refractivity contribution >= 4 is 49.4 Å². The quantitative estimate of drug-likeness (QED) is 0.143. The summed E-state index contributed by atoms with van der Waals surface area (Å²) in [7, 11) is -3.95. The summed E-state index contributed by atoms with van der Waals surface area (Å²) in [6.45, 7) is 3.26. The molecule has 3 aromatic heterocycles. The van der Waals surface area contributed by atoms with E-state index >= 15 is 0 Å². The average molecular weight is 839 g/mol. The third-order valence-corrected chi connectivity index (χ3v) is 11.6. The van der Waals surface area contributed by atoms with Gasteiger partial charge in [0.25, 0.3) is 5.56 Å². The Hall–Kier alpha value is -4.26. The van der Waals surface area contributed by atoms with E-state index in [4.69, 9.17) is 27.3 Å². The maximum Gasteiger partial charge on any atom is 0.268 e. The second-order valence-electron chi connectivity index (χ2n) is 15.3. The molecule has 19 heteroatoms. The molecule has 0 unspecified atom stereocenters. The Morgan fingerprint density at radius 3 is 2.30 bits per heavy atom. The number of anilines is 1. The first-order valence-electron chi connectivity index (χ1n) is 18.5. The van der Waals surface area contributed by atoms with Gasteiger partial charge in [0, 0.05) is 56.1 Å². The van der Waals surface area contributed by atoms with Crippen LogP contribution < -0.4 is 16.0 Å². The van der Waals surface area contributed by atoms with Crippen molar-refractivity contribution in [3.05, 3.63) is 86.1 Å². The van der Waals surface area contributed by atoms with Crippen LogP contribution in [0.25, 0.3) is 27.6 Å². The monoisotopic (exact) mass is 838 g/mol. The number of aryl methyl sites for hydroxylation is 1. The number of sulfonamides is 1. The highest BCUT2D eigenvalue weighted by molar-refractivity contribution is 7.92. The van der Waals surface area contributed by atoms with Gasteiger partial charge in [-0.25, -0.2) is 44.7 Å². The first-order valence-corrected chi connectivity index (χ1v) is 20.8. The molecule has 1 aliphatic heterocycles. The van der Waals surface area contributed by atoms with Crippen molar-refractivity contribution in [2.75, 3.05) is 24.1 Å². The van der Waals surface area contributed by atoms with Crippen molar-refractivity contribution in [3.63, 3.8) is 0 Å². The highest BCUT2D eigenvalue weighted by Crippen LogP contribution is 2.41. The van der Waals surface area contributed by atoms with Gasteiger partial charge in [-0.05, 0) is 74.6 Å². The van der Waals surface area contributed by atoms with Gasteiger partial charge in [0.15, 0.2) is 11.5 Å². The van der Waals surface area contributed by atoms with Gasteiger partial charge in [-0.3, -0.25) is 23.7 Å². The summed E-state index contributed by atoms with van der Waals surface area (Å²) in [5, 5.41) is 4.76. The Kier molecular flexibility index (Phi) is 11.1. The molecule has 2 aromatic carbocycles. The Labute approximate surface area is 329 Å². The maximum absolute atomic E-state index is 15.0. The number of halogens is 7. The first kappa shape index (κ1) is 40.9. The molecule has 2 aliphatic rings. The fourth-order valence-electron chi connectivity index (χ4n) is 8.06. The van der Waals surface area contributed by atoms with Crippen LogP contribution in [0.1, 0.15) is 73.6 Å². The number of hydrogen-bond donors (Lipinski definition) is 2. The topological polar surface area (TPSA) is 141 Å². The van der Waals surface area contributed by atoms with E-state index in [1.54, 1.807) is 24.8 Å². The highest BCUT2D eigenvalue weighted by atomic mass is 35.5. The van der Waals surface area contributed by atoms with E-state index in [2.05, 4.69) is 9.82 Å². The molecule has 11 nitrogen and oxygen atoms in total. The van der Waals surface area contributed by atoms with Crippen LogP contribution in [0.4, 0.5) is 32.2 Å². The smallest absolute Gasteiger partial charge is 0.268 e. The molecule has 1 aliphatic carbocycles. The third-order valence-electron chi connectivity index (χ3n) is 10.7. The van der Waals surface area contributed by atoms with Crippen molar-refractivity contribution in [2.24, 2.45) is 5.73 Å². The molecule has 1 saturated carbocycles. The lowest BCUT2D eigenvalue weighted by Crippen LogP contribution is -2.48. The van der Waals surface area contributed by atoms with Gasteiger partial charge >= 0.3 is 0 Å². The number of hydrogen-bond acceptors (Lipinski definition) is 8. The molecule has 0 amide bonds. The zero-order valence-electron chi connectivity index (χ0n) is 31.3.